The lowest BCUT2D eigenvalue weighted by Crippen LogP contribution is -2.13. The Morgan fingerprint density at radius 1 is 1.38 bits per heavy atom. The molecule has 4 nitrogen and oxygen atoms in total. The van der Waals surface area contributed by atoms with Gasteiger partial charge in [0.2, 0.25) is 5.91 Å². The Hall–Kier alpha value is -2.10. The lowest BCUT2D eigenvalue weighted by atomic mass is 10.0. The number of primary amides is 1. The van der Waals surface area contributed by atoms with E-state index in [1.54, 1.807) is 6.20 Å². The van der Waals surface area contributed by atoms with Crippen LogP contribution in [-0.2, 0) is 11.2 Å². The minimum Gasteiger partial charge on any atom is -0.369 e. The van der Waals surface area contributed by atoms with E-state index in [-0.39, 0.29) is 12.3 Å². The number of hydrogen-bond donors (Lipinski definition) is 2. The molecule has 4 heteroatoms. The molecule has 16 heavy (non-hydrogen) atoms. The average Bonchev–Trinajstić information content (AvgIpc) is 2.66. The number of rotatable bonds is 3. The summed E-state index contributed by atoms with van der Waals surface area (Å²) in [7, 11) is 0. The second-order valence-electron chi connectivity index (χ2n) is 3.78. The van der Waals surface area contributed by atoms with E-state index in [1.165, 1.54) is 5.56 Å². The lowest BCUT2D eigenvalue weighted by Gasteiger charge is -2.02. The van der Waals surface area contributed by atoms with Crippen molar-refractivity contribution in [2.24, 2.45) is 5.73 Å². The van der Waals surface area contributed by atoms with E-state index < -0.39 is 0 Å². The zero-order valence-electron chi connectivity index (χ0n) is 9.03. The molecule has 0 spiro atoms. The van der Waals surface area contributed by atoms with E-state index in [2.05, 4.69) is 10.2 Å². The smallest absolute Gasteiger partial charge is 0.221 e. The van der Waals surface area contributed by atoms with Gasteiger partial charge in [-0.25, -0.2) is 0 Å². The van der Waals surface area contributed by atoms with Crippen LogP contribution in [0.2, 0.25) is 0 Å². The minimum absolute atomic E-state index is 0.208. The second-order valence-corrected chi connectivity index (χ2v) is 3.78. The number of nitrogens with one attached hydrogen (secondary N) is 1. The molecule has 0 saturated carbocycles. The van der Waals surface area contributed by atoms with Gasteiger partial charge in [0.05, 0.1) is 18.3 Å². The number of nitrogens with zero attached hydrogens (tertiary/aromatic N) is 1. The minimum atomic E-state index is -0.352. The molecule has 1 heterocycles. The molecule has 1 aromatic heterocycles. The van der Waals surface area contributed by atoms with Crippen molar-refractivity contribution < 1.29 is 4.79 Å². The van der Waals surface area contributed by atoms with Crippen LogP contribution in [0, 0.1) is 6.92 Å². The third-order valence-electron chi connectivity index (χ3n) is 2.42. The van der Waals surface area contributed by atoms with Crippen molar-refractivity contribution in [2.45, 2.75) is 13.3 Å². The zero-order chi connectivity index (χ0) is 11.5. The first-order chi connectivity index (χ1) is 7.66. The van der Waals surface area contributed by atoms with E-state index in [1.807, 2.05) is 31.2 Å². The van der Waals surface area contributed by atoms with E-state index in [0.717, 1.165) is 16.8 Å². The van der Waals surface area contributed by atoms with Crippen LogP contribution in [0.1, 0.15) is 11.1 Å². The van der Waals surface area contributed by atoms with Gasteiger partial charge < -0.3 is 5.73 Å². The summed E-state index contributed by atoms with van der Waals surface area (Å²) in [5.74, 6) is -0.352. The Bertz CT molecular complexity index is 499. The van der Waals surface area contributed by atoms with Gasteiger partial charge in [-0.3, -0.25) is 9.89 Å². The molecule has 0 bridgehead atoms. The molecular weight excluding hydrogens is 202 g/mol. The third-order valence-corrected chi connectivity index (χ3v) is 2.42. The Labute approximate surface area is 93.5 Å². The van der Waals surface area contributed by atoms with Crippen molar-refractivity contribution >= 4 is 5.91 Å². The SMILES string of the molecule is Cc1ccc(-c2[nH]ncc2CC(N)=O)cc1. The number of hydrogen-bond acceptors (Lipinski definition) is 2. The zero-order valence-corrected chi connectivity index (χ0v) is 9.03. The van der Waals surface area contributed by atoms with Crippen LogP contribution in [0.5, 0.6) is 0 Å². The highest BCUT2D eigenvalue weighted by atomic mass is 16.1. The van der Waals surface area contributed by atoms with Crippen molar-refractivity contribution in [3.63, 3.8) is 0 Å². The van der Waals surface area contributed by atoms with Crippen LogP contribution in [-0.4, -0.2) is 16.1 Å². The van der Waals surface area contributed by atoms with Crippen molar-refractivity contribution in [1.29, 1.82) is 0 Å². The van der Waals surface area contributed by atoms with Gasteiger partial charge in [0.15, 0.2) is 0 Å². The molecule has 2 aromatic rings. The summed E-state index contributed by atoms with van der Waals surface area (Å²) in [6, 6.07) is 8.02. The summed E-state index contributed by atoms with van der Waals surface area (Å²) < 4.78 is 0. The third kappa shape index (κ3) is 2.11. The van der Waals surface area contributed by atoms with E-state index >= 15 is 0 Å². The number of nitrogens with two attached hydrogens (primary N) is 1. The van der Waals surface area contributed by atoms with Gasteiger partial charge in [0.25, 0.3) is 0 Å². The molecule has 0 atom stereocenters. The summed E-state index contributed by atoms with van der Waals surface area (Å²) in [5.41, 5.74) is 9.07. The van der Waals surface area contributed by atoms with Gasteiger partial charge in [-0.1, -0.05) is 29.8 Å². The van der Waals surface area contributed by atoms with Crippen LogP contribution in [0.3, 0.4) is 0 Å². The number of aromatic nitrogens is 2. The van der Waals surface area contributed by atoms with Crippen molar-refractivity contribution in [1.82, 2.24) is 10.2 Å². The van der Waals surface area contributed by atoms with E-state index in [4.69, 9.17) is 5.73 Å². The van der Waals surface area contributed by atoms with Gasteiger partial charge in [-0.15, -0.1) is 0 Å². The van der Waals surface area contributed by atoms with Gasteiger partial charge >= 0.3 is 0 Å². The highest BCUT2D eigenvalue weighted by Gasteiger charge is 2.09. The van der Waals surface area contributed by atoms with Crippen LogP contribution >= 0.6 is 0 Å². The molecule has 0 aliphatic carbocycles. The lowest BCUT2D eigenvalue weighted by molar-refractivity contribution is -0.117. The summed E-state index contributed by atoms with van der Waals surface area (Å²) >= 11 is 0. The number of H-pyrrole nitrogens is 1. The van der Waals surface area contributed by atoms with Crippen molar-refractivity contribution in [2.75, 3.05) is 0 Å². The van der Waals surface area contributed by atoms with E-state index in [9.17, 15) is 4.79 Å². The molecule has 0 aliphatic rings. The number of aromatic amines is 1. The number of amides is 1. The van der Waals surface area contributed by atoms with Gasteiger partial charge in [-0.2, -0.15) is 5.10 Å². The molecule has 82 valence electrons. The Balaban J connectivity index is 2.36. The molecule has 0 unspecified atom stereocenters. The molecule has 3 N–H and O–H groups in total. The molecule has 1 aromatic carbocycles. The monoisotopic (exact) mass is 215 g/mol. The van der Waals surface area contributed by atoms with Gasteiger partial charge in [-0.05, 0) is 12.5 Å². The topological polar surface area (TPSA) is 71.8 Å². The number of carbonyl (C=O) groups is 1. The quantitative estimate of drug-likeness (QED) is 0.812. The Kier molecular flexibility index (Phi) is 2.72. The molecule has 0 radical (unpaired) electrons. The predicted octanol–water partition coefficient (Wildman–Crippen LogP) is 1.41. The first-order valence-electron chi connectivity index (χ1n) is 5.04. The van der Waals surface area contributed by atoms with E-state index in [0.29, 0.717) is 0 Å². The van der Waals surface area contributed by atoms with Crippen LogP contribution < -0.4 is 5.73 Å². The summed E-state index contributed by atoms with van der Waals surface area (Å²) in [4.78, 5) is 10.9. The normalized spacial score (nSPS) is 10.3. The predicted molar refractivity (Wildman–Crippen MR) is 61.7 cm³/mol. The summed E-state index contributed by atoms with van der Waals surface area (Å²) in [6.07, 6.45) is 1.85. The fraction of sp³-hybridized carbons (Fsp3) is 0.167. The Morgan fingerprint density at radius 2 is 2.06 bits per heavy atom. The number of carbonyl (C=O) groups excluding carboxylic acids is 1. The molecule has 0 aliphatic heterocycles. The first-order valence-corrected chi connectivity index (χ1v) is 5.04. The highest BCUT2D eigenvalue weighted by molar-refractivity contribution is 5.79. The number of benzene rings is 1. The maximum atomic E-state index is 10.9. The van der Waals surface area contributed by atoms with Crippen molar-refractivity contribution in [3.8, 4) is 11.3 Å². The Morgan fingerprint density at radius 3 is 2.69 bits per heavy atom. The molecule has 2 rings (SSSR count). The summed E-state index contributed by atoms with van der Waals surface area (Å²) in [6.45, 7) is 2.03. The highest BCUT2D eigenvalue weighted by Crippen LogP contribution is 2.21. The van der Waals surface area contributed by atoms with Crippen molar-refractivity contribution in [3.05, 3.63) is 41.6 Å². The summed E-state index contributed by atoms with van der Waals surface area (Å²) in [5, 5.41) is 6.83. The maximum Gasteiger partial charge on any atom is 0.221 e. The largest absolute Gasteiger partial charge is 0.369 e. The molecular formula is C12H13N3O. The van der Waals surface area contributed by atoms with Crippen LogP contribution in [0.15, 0.2) is 30.5 Å². The molecule has 0 fully saturated rings. The molecule has 0 saturated heterocycles. The van der Waals surface area contributed by atoms with Gasteiger partial charge in [0.1, 0.15) is 0 Å². The first kappa shape index (κ1) is 10.4. The fourth-order valence-corrected chi connectivity index (χ4v) is 1.60. The number of aryl methyl sites for hydroxylation is 1. The fourth-order valence-electron chi connectivity index (χ4n) is 1.60. The standard InChI is InChI=1S/C12H13N3O/c1-8-2-4-9(5-3-8)12-10(6-11(13)16)7-14-15-12/h2-5,7H,6H2,1H3,(H2,13,16)(H,14,15). The van der Waals surface area contributed by atoms with Crippen LogP contribution in [0.25, 0.3) is 11.3 Å². The average molecular weight is 215 g/mol. The maximum absolute atomic E-state index is 10.9. The second kappa shape index (κ2) is 4.18. The molecule has 1 amide bonds. The van der Waals surface area contributed by atoms with Crippen LogP contribution in [0.4, 0.5) is 0 Å². The van der Waals surface area contributed by atoms with Gasteiger partial charge in [0, 0.05) is 5.56 Å².